The lowest BCUT2D eigenvalue weighted by Gasteiger charge is -2.35. The van der Waals surface area contributed by atoms with Gasteiger partial charge in [0, 0.05) is 10.7 Å². The van der Waals surface area contributed by atoms with Crippen molar-refractivity contribution in [2.24, 2.45) is 0 Å². The molecule has 0 radical (unpaired) electrons. The van der Waals surface area contributed by atoms with E-state index in [0.29, 0.717) is 23.6 Å². The summed E-state index contributed by atoms with van der Waals surface area (Å²) in [6.45, 7) is 0. The van der Waals surface area contributed by atoms with E-state index in [1.165, 1.54) is 4.90 Å². The SMILES string of the molecule is N#CC1CCCC(C#N)N1C(=O)Nc1ccc(Cl)cc1. The number of likely N-dealkylation sites (tertiary alicyclic amines) is 1. The number of hydrogen-bond donors (Lipinski definition) is 1. The van der Waals surface area contributed by atoms with Gasteiger partial charge in [0.15, 0.2) is 0 Å². The third kappa shape index (κ3) is 3.01. The van der Waals surface area contributed by atoms with Crippen LogP contribution in [0, 0.1) is 22.7 Å². The van der Waals surface area contributed by atoms with Gasteiger partial charge in [0.25, 0.3) is 0 Å². The Morgan fingerprint density at radius 2 is 1.75 bits per heavy atom. The quantitative estimate of drug-likeness (QED) is 0.862. The third-order valence-electron chi connectivity index (χ3n) is 3.25. The molecule has 2 atom stereocenters. The summed E-state index contributed by atoms with van der Waals surface area (Å²) >= 11 is 5.78. The van der Waals surface area contributed by atoms with Crippen molar-refractivity contribution in [2.45, 2.75) is 31.3 Å². The van der Waals surface area contributed by atoms with Gasteiger partial charge in [0.1, 0.15) is 12.1 Å². The fourth-order valence-corrected chi connectivity index (χ4v) is 2.38. The molecule has 0 aliphatic carbocycles. The van der Waals surface area contributed by atoms with E-state index in [0.717, 1.165) is 6.42 Å². The van der Waals surface area contributed by atoms with Gasteiger partial charge >= 0.3 is 6.03 Å². The van der Waals surface area contributed by atoms with Crippen LogP contribution < -0.4 is 5.32 Å². The lowest BCUT2D eigenvalue weighted by molar-refractivity contribution is 0.161. The van der Waals surface area contributed by atoms with Crippen LogP contribution in [0.5, 0.6) is 0 Å². The number of benzene rings is 1. The van der Waals surface area contributed by atoms with Crippen LogP contribution in [0.15, 0.2) is 24.3 Å². The summed E-state index contributed by atoms with van der Waals surface area (Å²) < 4.78 is 0. The second-order valence-electron chi connectivity index (χ2n) is 4.57. The first kappa shape index (κ1) is 14.2. The first-order valence-electron chi connectivity index (χ1n) is 6.30. The number of hydrogen-bond acceptors (Lipinski definition) is 3. The maximum Gasteiger partial charge on any atom is 0.324 e. The molecular formula is C14H13ClN4O. The molecule has 2 unspecified atom stereocenters. The van der Waals surface area contributed by atoms with E-state index in [2.05, 4.69) is 17.5 Å². The third-order valence-corrected chi connectivity index (χ3v) is 3.51. The lowest BCUT2D eigenvalue weighted by Crippen LogP contribution is -2.50. The number of carbonyl (C=O) groups is 1. The van der Waals surface area contributed by atoms with Crippen molar-refractivity contribution in [2.75, 3.05) is 5.32 Å². The van der Waals surface area contributed by atoms with Crippen molar-refractivity contribution in [1.29, 1.82) is 10.5 Å². The van der Waals surface area contributed by atoms with E-state index >= 15 is 0 Å². The van der Waals surface area contributed by atoms with Crippen LogP contribution in [-0.4, -0.2) is 23.0 Å². The number of halogens is 1. The standard InChI is InChI=1S/C14H13ClN4O/c15-10-4-6-11(7-5-10)18-14(20)19-12(8-16)2-1-3-13(19)9-17/h4-7,12-13H,1-3H2,(H,18,20). The molecule has 6 heteroatoms. The highest BCUT2D eigenvalue weighted by atomic mass is 35.5. The van der Waals surface area contributed by atoms with Crippen LogP contribution in [0.1, 0.15) is 19.3 Å². The monoisotopic (exact) mass is 288 g/mol. The summed E-state index contributed by atoms with van der Waals surface area (Å²) in [4.78, 5) is 13.6. The first-order valence-corrected chi connectivity index (χ1v) is 6.67. The molecule has 2 amide bonds. The van der Waals surface area contributed by atoms with Crippen molar-refractivity contribution >= 4 is 23.3 Å². The second kappa shape index (κ2) is 6.27. The van der Waals surface area contributed by atoms with Crippen LogP contribution in [0.4, 0.5) is 10.5 Å². The number of nitrogens with zero attached hydrogens (tertiary/aromatic N) is 3. The predicted molar refractivity (Wildman–Crippen MR) is 75.0 cm³/mol. The Balaban J connectivity index is 2.15. The largest absolute Gasteiger partial charge is 0.324 e. The summed E-state index contributed by atoms with van der Waals surface area (Å²) in [6, 6.07) is 9.31. The summed E-state index contributed by atoms with van der Waals surface area (Å²) in [5.74, 6) is 0. The average molecular weight is 289 g/mol. The van der Waals surface area contributed by atoms with Crippen LogP contribution in [0.3, 0.4) is 0 Å². The molecule has 1 aromatic carbocycles. The molecule has 1 saturated heterocycles. The number of anilines is 1. The molecule has 2 rings (SSSR count). The van der Waals surface area contributed by atoms with Crippen LogP contribution in [0.25, 0.3) is 0 Å². The van der Waals surface area contributed by atoms with Gasteiger partial charge < -0.3 is 5.32 Å². The van der Waals surface area contributed by atoms with Gasteiger partial charge in [-0.3, -0.25) is 4.90 Å². The Morgan fingerprint density at radius 3 is 2.25 bits per heavy atom. The van der Waals surface area contributed by atoms with E-state index in [1.807, 2.05) is 0 Å². The molecule has 0 saturated carbocycles. The Kier molecular flexibility index (Phi) is 4.45. The van der Waals surface area contributed by atoms with Crippen molar-refractivity contribution in [3.63, 3.8) is 0 Å². The highest BCUT2D eigenvalue weighted by Gasteiger charge is 2.34. The number of carbonyl (C=O) groups excluding carboxylic acids is 1. The Morgan fingerprint density at radius 1 is 1.20 bits per heavy atom. The lowest BCUT2D eigenvalue weighted by atomic mass is 9.97. The van der Waals surface area contributed by atoms with Crippen LogP contribution >= 0.6 is 11.6 Å². The van der Waals surface area contributed by atoms with Gasteiger partial charge in [-0.1, -0.05) is 11.6 Å². The molecule has 0 aromatic heterocycles. The number of piperidine rings is 1. The highest BCUT2D eigenvalue weighted by molar-refractivity contribution is 6.30. The molecule has 1 aliphatic heterocycles. The smallest absolute Gasteiger partial charge is 0.308 e. The first-order chi connectivity index (χ1) is 9.65. The number of nitriles is 2. The normalized spacial score (nSPS) is 21.6. The van der Waals surface area contributed by atoms with Gasteiger partial charge in [-0.25, -0.2) is 4.79 Å². The summed E-state index contributed by atoms with van der Waals surface area (Å²) in [6.07, 6.45) is 1.98. The van der Waals surface area contributed by atoms with E-state index in [4.69, 9.17) is 22.1 Å². The van der Waals surface area contributed by atoms with Crippen molar-refractivity contribution < 1.29 is 4.79 Å². The van der Waals surface area contributed by atoms with Crippen molar-refractivity contribution in [3.05, 3.63) is 29.3 Å². The molecule has 1 aromatic rings. The van der Waals surface area contributed by atoms with E-state index < -0.39 is 18.1 Å². The number of amides is 2. The number of rotatable bonds is 1. The molecule has 20 heavy (non-hydrogen) atoms. The summed E-state index contributed by atoms with van der Waals surface area (Å²) in [7, 11) is 0. The van der Waals surface area contributed by atoms with Gasteiger partial charge in [0.05, 0.1) is 12.1 Å². The van der Waals surface area contributed by atoms with Gasteiger partial charge in [0.2, 0.25) is 0 Å². The van der Waals surface area contributed by atoms with Crippen molar-refractivity contribution in [1.82, 2.24) is 4.90 Å². The number of urea groups is 1. The zero-order valence-electron chi connectivity index (χ0n) is 10.7. The summed E-state index contributed by atoms with van der Waals surface area (Å²) in [5.41, 5.74) is 0.582. The zero-order chi connectivity index (χ0) is 14.5. The Hall–Kier alpha value is -2.24. The highest BCUT2D eigenvalue weighted by Crippen LogP contribution is 2.23. The average Bonchev–Trinajstić information content (AvgIpc) is 2.48. The van der Waals surface area contributed by atoms with Gasteiger partial charge in [-0.15, -0.1) is 0 Å². The fraction of sp³-hybridized carbons (Fsp3) is 0.357. The van der Waals surface area contributed by atoms with Crippen LogP contribution in [-0.2, 0) is 0 Å². The molecule has 102 valence electrons. The minimum atomic E-state index is -0.555. The van der Waals surface area contributed by atoms with E-state index in [1.54, 1.807) is 24.3 Å². The molecule has 1 fully saturated rings. The van der Waals surface area contributed by atoms with E-state index in [-0.39, 0.29) is 0 Å². The van der Waals surface area contributed by atoms with Gasteiger partial charge in [-0.05, 0) is 43.5 Å². The number of nitrogens with one attached hydrogen (secondary N) is 1. The zero-order valence-corrected chi connectivity index (χ0v) is 11.5. The minimum Gasteiger partial charge on any atom is -0.308 e. The molecule has 0 bridgehead atoms. The van der Waals surface area contributed by atoms with E-state index in [9.17, 15) is 4.79 Å². The predicted octanol–water partition coefficient (Wildman–Crippen LogP) is 3.14. The summed E-state index contributed by atoms with van der Waals surface area (Å²) in [5, 5.41) is 21.5. The van der Waals surface area contributed by atoms with Gasteiger partial charge in [-0.2, -0.15) is 10.5 Å². The van der Waals surface area contributed by atoms with Crippen LogP contribution in [0.2, 0.25) is 5.02 Å². The molecule has 1 aliphatic rings. The molecule has 0 spiro atoms. The van der Waals surface area contributed by atoms with Crippen molar-refractivity contribution in [3.8, 4) is 12.1 Å². The second-order valence-corrected chi connectivity index (χ2v) is 5.00. The molecule has 5 nitrogen and oxygen atoms in total. The fourth-order valence-electron chi connectivity index (χ4n) is 2.26. The Bertz CT molecular complexity index is 550. The maximum atomic E-state index is 12.3. The Labute approximate surface area is 122 Å². The molecular weight excluding hydrogens is 276 g/mol. The minimum absolute atomic E-state index is 0.426. The topological polar surface area (TPSA) is 79.9 Å². The molecule has 1 heterocycles. The maximum absolute atomic E-state index is 12.3. The molecule has 1 N–H and O–H groups in total.